The minimum Gasteiger partial charge on any atom is -0.465 e. The van der Waals surface area contributed by atoms with E-state index in [1.807, 2.05) is 6.92 Å². The molecule has 0 fully saturated rings. The quantitative estimate of drug-likeness (QED) is 0.685. The number of rotatable bonds is 7. The van der Waals surface area contributed by atoms with E-state index in [0.717, 1.165) is 5.56 Å². The number of aryl methyl sites for hydroxylation is 1. The van der Waals surface area contributed by atoms with Crippen LogP contribution in [0.15, 0.2) is 47.4 Å². The maximum absolute atomic E-state index is 12.4. The molecule has 154 valence electrons. The summed E-state index contributed by atoms with van der Waals surface area (Å²) < 4.78 is 34.1. The van der Waals surface area contributed by atoms with Gasteiger partial charge >= 0.3 is 11.9 Å². The Hall–Kier alpha value is -3.20. The van der Waals surface area contributed by atoms with Crippen molar-refractivity contribution in [1.29, 1.82) is 0 Å². The maximum atomic E-state index is 12.4. The van der Waals surface area contributed by atoms with E-state index in [4.69, 9.17) is 0 Å². The molecule has 2 aromatic carbocycles. The third-order valence-corrected chi connectivity index (χ3v) is 5.83. The molecule has 8 nitrogen and oxygen atoms in total. The van der Waals surface area contributed by atoms with E-state index < -0.39 is 33.4 Å². The molecular weight excluding hydrogens is 398 g/mol. The molecule has 2 rings (SSSR count). The second-order valence-corrected chi connectivity index (χ2v) is 8.28. The maximum Gasteiger partial charge on any atom is 0.339 e. The zero-order chi connectivity index (χ0) is 21.6. The van der Waals surface area contributed by atoms with Gasteiger partial charge in [0.1, 0.15) is 0 Å². The highest BCUT2D eigenvalue weighted by Crippen LogP contribution is 2.20. The van der Waals surface area contributed by atoms with Crippen LogP contribution in [0.4, 0.5) is 5.69 Å². The van der Waals surface area contributed by atoms with Crippen LogP contribution >= 0.6 is 0 Å². The summed E-state index contributed by atoms with van der Waals surface area (Å²) in [7, 11) is -1.27. The molecule has 0 spiro atoms. The Kier molecular flexibility index (Phi) is 7.11. The van der Waals surface area contributed by atoms with Crippen molar-refractivity contribution < 1.29 is 32.3 Å². The molecule has 0 aliphatic rings. The van der Waals surface area contributed by atoms with Crippen LogP contribution in [0.25, 0.3) is 0 Å². The van der Waals surface area contributed by atoms with Gasteiger partial charge in [-0.25, -0.2) is 18.0 Å². The summed E-state index contributed by atoms with van der Waals surface area (Å²) in [6, 6.07) is 10.3. The van der Waals surface area contributed by atoms with Crippen molar-refractivity contribution in [3.63, 3.8) is 0 Å². The molecule has 0 aliphatic heterocycles. The Balaban J connectivity index is 2.17. The number of hydrogen-bond donors (Lipinski definition) is 1. The summed E-state index contributed by atoms with van der Waals surface area (Å²) in [6.45, 7) is 1.84. The number of benzene rings is 2. The first-order chi connectivity index (χ1) is 13.7. The third-order valence-electron chi connectivity index (χ3n) is 4.10. The van der Waals surface area contributed by atoms with Gasteiger partial charge in [0, 0.05) is 6.42 Å². The van der Waals surface area contributed by atoms with Crippen LogP contribution in [0.5, 0.6) is 0 Å². The van der Waals surface area contributed by atoms with Crippen molar-refractivity contribution in [2.75, 3.05) is 25.3 Å². The Bertz CT molecular complexity index is 1030. The molecule has 1 N–H and O–H groups in total. The Morgan fingerprint density at radius 1 is 0.931 bits per heavy atom. The fourth-order valence-corrected chi connectivity index (χ4v) is 3.72. The second kappa shape index (κ2) is 9.33. The van der Waals surface area contributed by atoms with Gasteiger partial charge < -0.3 is 14.8 Å². The van der Waals surface area contributed by atoms with E-state index >= 15 is 0 Å². The number of ether oxygens (including phenoxy) is 2. The average Bonchev–Trinajstić information content (AvgIpc) is 2.71. The van der Waals surface area contributed by atoms with Gasteiger partial charge in [-0.1, -0.05) is 17.7 Å². The molecule has 0 aliphatic carbocycles. The van der Waals surface area contributed by atoms with Gasteiger partial charge in [-0.2, -0.15) is 0 Å². The summed E-state index contributed by atoms with van der Waals surface area (Å²) >= 11 is 0. The van der Waals surface area contributed by atoms with E-state index in [2.05, 4.69) is 14.8 Å². The number of nitrogens with one attached hydrogen (secondary N) is 1. The largest absolute Gasteiger partial charge is 0.465 e. The van der Waals surface area contributed by atoms with E-state index in [-0.39, 0.29) is 28.1 Å². The fourth-order valence-electron chi connectivity index (χ4n) is 2.48. The zero-order valence-electron chi connectivity index (χ0n) is 16.2. The van der Waals surface area contributed by atoms with Crippen molar-refractivity contribution in [3.8, 4) is 0 Å². The molecule has 0 aromatic heterocycles. The summed E-state index contributed by atoms with van der Waals surface area (Å²) in [5.41, 5.74) is 1.08. The predicted molar refractivity (Wildman–Crippen MR) is 106 cm³/mol. The first-order valence-electron chi connectivity index (χ1n) is 8.58. The van der Waals surface area contributed by atoms with Crippen molar-refractivity contribution >= 4 is 33.4 Å². The standard InChI is InChI=1S/C20H21NO7S/c1-13-4-7-15(8-5-13)29(25,26)11-10-18(22)21-17-12-14(19(23)27-2)6-9-16(17)20(24)28-3/h4-9,12H,10-11H2,1-3H3,(H,21,22). The molecular formula is C20H21NO7S. The highest BCUT2D eigenvalue weighted by Gasteiger charge is 2.20. The Morgan fingerprint density at radius 3 is 2.14 bits per heavy atom. The molecule has 0 radical (unpaired) electrons. The summed E-state index contributed by atoms with van der Waals surface area (Å²) in [6.07, 6.45) is -0.334. The molecule has 29 heavy (non-hydrogen) atoms. The molecule has 2 aromatic rings. The Labute approximate surface area is 168 Å². The van der Waals surface area contributed by atoms with Crippen LogP contribution in [0.2, 0.25) is 0 Å². The Morgan fingerprint density at radius 2 is 1.55 bits per heavy atom. The third kappa shape index (κ3) is 5.64. The summed E-state index contributed by atoms with van der Waals surface area (Å²) in [4.78, 5) is 36.1. The molecule has 0 saturated heterocycles. The normalized spacial score (nSPS) is 10.9. The molecule has 0 heterocycles. The number of sulfone groups is 1. The minimum absolute atomic E-state index is 0.0231. The van der Waals surface area contributed by atoms with Gasteiger partial charge in [0.15, 0.2) is 9.84 Å². The number of esters is 2. The van der Waals surface area contributed by atoms with Gasteiger partial charge in [-0.05, 0) is 37.3 Å². The monoisotopic (exact) mass is 419 g/mol. The summed E-state index contributed by atoms with van der Waals surface area (Å²) in [5.74, 6) is -2.41. The molecule has 9 heteroatoms. The topological polar surface area (TPSA) is 116 Å². The van der Waals surface area contributed by atoms with Crippen LogP contribution in [-0.4, -0.2) is 46.2 Å². The number of anilines is 1. The van der Waals surface area contributed by atoms with Crippen LogP contribution in [-0.2, 0) is 24.1 Å². The van der Waals surface area contributed by atoms with E-state index in [9.17, 15) is 22.8 Å². The highest BCUT2D eigenvalue weighted by atomic mass is 32.2. The molecule has 0 unspecified atom stereocenters. The van der Waals surface area contributed by atoms with E-state index in [1.54, 1.807) is 12.1 Å². The number of hydrogen-bond acceptors (Lipinski definition) is 7. The molecule has 0 atom stereocenters. The van der Waals surface area contributed by atoms with Gasteiger partial charge in [0.25, 0.3) is 0 Å². The number of methoxy groups -OCH3 is 2. The lowest BCUT2D eigenvalue weighted by Crippen LogP contribution is -2.19. The molecule has 1 amide bonds. The predicted octanol–water partition coefficient (Wildman–Crippen LogP) is 2.37. The lowest BCUT2D eigenvalue weighted by molar-refractivity contribution is -0.115. The smallest absolute Gasteiger partial charge is 0.339 e. The van der Waals surface area contributed by atoms with Crippen molar-refractivity contribution in [1.82, 2.24) is 0 Å². The molecule has 0 saturated carbocycles. The number of carbonyl (C=O) groups excluding carboxylic acids is 3. The summed E-state index contributed by atoms with van der Waals surface area (Å²) in [5, 5.41) is 2.47. The van der Waals surface area contributed by atoms with Crippen LogP contribution in [0, 0.1) is 6.92 Å². The van der Waals surface area contributed by atoms with Crippen molar-refractivity contribution in [2.24, 2.45) is 0 Å². The lowest BCUT2D eigenvalue weighted by Gasteiger charge is -2.11. The van der Waals surface area contributed by atoms with Crippen LogP contribution < -0.4 is 5.32 Å². The van der Waals surface area contributed by atoms with E-state index in [1.165, 1.54) is 44.6 Å². The number of carbonyl (C=O) groups is 3. The SMILES string of the molecule is COC(=O)c1ccc(C(=O)OC)c(NC(=O)CCS(=O)(=O)c2ccc(C)cc2)c1. The van der Waals surface area contributed by atoms with Crippen molar-refractivity contribution in [3.05, 3.63) is 59.2 Å². The van der Waals surface area contributed by atoms with Crippen molar-refractivity contribution in [2.45, 2.75) is 18.2 Å². The first-order valence-corrected chi connectivity index (χ1v) is 10.2. The lowest BCUT2D eigenvalue weighted by atomic mass is 10.1. The minimum atomic E-state index is -3.65. The van der Waals surface area contributed by atoms with Gasteiger partial charge in [-0.15, -0.1) is 0 Å². The van der Waals surface area contributed by atoms with Gasteiger partial charge in [0.05, 0.1) is 41.7 Å². The van der Waals surface area contributed by atoms with Gasteiger partial charge in [0.2, 0.25) is 5.91 Å². The number of amides is 1. The zero-order valence-corrected chi connectivity index (χ0v) is 17.0. The fraction of sp³-hybridized carbons (Fsp3) is 0.250. The second-order valence-electron chi connectivity index (χ2n) is 6.17. The average molecular weight is 419 g/mol. The van der Waals surface area contributed by atoms with Gasteiger partial charge in [-0.3, -0.25) is 4.79 Å². The highest BCUT2D eigenvalue weighted by molar-refractivity contribution is 7.91. The van der Waals surface area contributed by atoms with E-state index in [0.29, 0.717) is 0 Å². The van der Waals surface area contributed by atoms with Crippen LogP contribution in [0.1, 0.15) is 32.7 Å². The van der Waals surface area contributed by atoms with Crippen LogP contribution in [0.3, 0.4) is 0 Å². The first kappa shape index (κ1) is 22.1. The molecule has 0 bridgehead atoms.